The summed E-state index contributed by atoms with van der Waals surface area (Å²) in [6.45, 7) is 1.81. The summed E-state index contributed by atoms with van der Waals surface area (Å²) in [5.41, 5.74) is 2.44. The lowest BCUT2D eigenvalue weighted by molar-refractivity contribution is 0.0368. The van der Waals surface area contributed by atoms with Crippen molar-refractivity contribution in [3.63, 3.8) is 0 Å². The molecule has 1 aliphatic heterocycles. The van der Waals surface area contributed by atoms with E-state index >= 15 is 0 Å². The zero-order chi connectivity index (χ0) is 19.5. The van der Waals surface area contributed by atoms with Crippen molar-refractivity contribution in [1.82, 2.24) is 19.9 Å². The van der Waals surface area contributed by atoms with Crippen molar-refractivity contribution in [1.29, 1.82) is 0 Å². The van der Waals surface area contributed by atoms with Gasteiger partial charge in [0.1, 0.15) is 11.9 Å². The third-order valence-electron chi connectivity index (χ3n) is 4.57. The van der Waals surface area contributed by atoms with Crippen LogP contribution in [-0.4, -0.2) is 53.7 Å². The number of morpholine rings is 1. The lowest BCUT2D eigenvalue weighted by Gasteiger charge is -2.33. The Bertz CT molecular complexity index is 935. The molecule has 0 amide bonds. The minimum Gasteiger partial charge on any atom is -0.368 e. The maximum absolute atomic E-state index is 13.4. The molecule has 8 heteroatoms. The SMILES string of the molecule is CN(C)c1ncc(-c2ccc(F)cc2)c([C@H]2CN(c3ncccn3)CCO2)n1. The smallest absolute Gasteiger partial charge is 0.225 e. The summed E-state index contributed by atoms with van der Waals surface area (Å²) in [6.07, 6.45) is 4.95. The predicted octanol–water partition coefficient (Wildman–Crippen LogP) is 2.72. The first-order valence-corrected chi connectivity index (χ1v) is 9.05. The van der Waals surface area contributed by atoms with Gasteiger partial charge in [-0.3, -0.25) is 0 Å². The van der Waals surface area contributed by atoms with Crippen LogP contribution in [0, 0.1) is 5.82 Å². The van der Waals surface area contributed by atoms with Gasteiger partial charge in [0.15, 0.2) is 0 Å². The molecular weight excluding hydrogens is 359 g/mol. The monoisotopic (exact) mass is 380 g/mol. The molecule has 28 heavy (non-hydrogen) atoms. The van der Waals surface area contributed by atoms with Gasteiger partial charge in [-0.1, -0.05) is 12.1 Å². The van der Waals surface area contributed by atoms with E-state index < -0.39 is 0 Å². The van der Waals surface area contributed by atoms with Crippen LogP contribution < -0.4 is 9.80 Å². The average Bonchev–Trinajstić information content (AvgIpc) is 2.74. The van der Waals surface area contributed by atoms with E-state index in [2.05, 4.69) is 19.9 Å². The van der Waals surface area contributed by atoms with E-state index in [1.165, 1.54) is 12.1 Å². The van der Waals surface area contributed by atoms with E-state index in [9.17, 15) is 4.39 Å². The average molecular weight is 380 g/mol. The third kappa shape index (κ3) is 3.77. The summed E-state index contributed by atoms with van der Waals surface area (Å²) >= 11 is 0. The highest BCUT2D eigenvalue weighted by Gasteiger charge is 2.28. The second-order valence-corrected chi connectivity index (χ2v) is 6.72. The van der Waals surface area contributed by atoms with Crippen LogP contribution in [0.2, 0.25) is 0 Å². The largest absolute Gasteiger partial charge is 0.368 e. The van der Waals surface area contributed by atoms with Crippen LogP contribution in [-0.2, 0) is 4.74 Å². The topological polar surface area (TPSA) is 67.3 Å². The third-order valence-corrected chi connectivity index (χ3v) is 4.57. The van der Waals surface area contributed by atoms with E-state index in [-0.39, 0.29) is 11.9 Å². The summed E-state index contributed by atoms with van der Waals surface area (Å²) in [5, 5.41) is 0. The molecule has 1 aliphatic rings. The number of hydrogen-bond donors (Lipinski definition) is 0. The van der Waals surface area contributed by atoms with Gasteiger partial charge in [-0.25, -0.2) is 24.3 Å². The highest BCUT2D eigenvalue weighted by molar-refractivity contribution is 5.66. The fourth-order valence-corrected chi connectivity index (χ4v) is 3.15. The number of nitrogens with zero attached hydrogens (tertiary/aromatic N) is 6. The summed E-state index contributed by atoms with van der Waals surface area (Å²) in [6, 6.07) is 8.12. The van der Waals surface area contributed by atoms with Crippen LogP contribution in [0.5, 0.6) is 0 Å². The van der Waals surface area contributed by atoms with Gasteiger partial charge >= 0.3 is 0 Å². The molecule has 0 bridgehead atoms. The zero-order valence-electron chi connectivity index (χ0n) is 15.8. The Balaban J connectivity index is 1.72. The molecule has 1 saturated heterocycles. The predicted molar refractivity (Wildman–Crippen MR) is 105 cm³/mol. The first-order chi connectivity index (χ1) is 13.6. The minimum absolute atomic E-state index is 0.278. The highest BCUT2D eigenvalue weighted by atomic mass is 19.1. The molecule has 0 aliphatic carbocycles. The van der Waals surface area contributed by atoms with E-state index in [1.54, 1.807) is 36.8 Å². The number of ether oxygens (including phenoxy) is 1. The van der Waals surface area contributed by atoms with Crippen LogP contribution in [0.25, 0.3) is 11.1 Å². The van der Waals surface area contributed by atoms with Crippen LogP contribution in [0.3, 0.4) is 0 Å². The molecule has 0 N–H and O–H groups in total. The van der Waals surface area contributed by atoms with Crippen LogP contribution >= 0.6 is 0 Å². The standard InChI is InChI=1S/C20H21FN6O/c1-26(2)20-24-12-16(14-4-6-15(21)7-5-14)18(25-20)17-13-27(10-11-28-17)19-22-8-3-9-23-19/h3-9,12,17H,10-11,13H2,1-2H3/t17-/m1/s1. The van der Waals surface area contributed by atoms with E-state index in [0.717, 1.165) is 16.8 Å². The second-order valence-electron chi connectivity index (χ2n) is 6.72. The van der Waals surface area contributed by atoms with Gasteiger partial charge in [-0.2, -0.15) is 0 Å². The number of aromatic nitrogens is 4. The van der Waals surface area contributed by atoms with Gasteiger partial charge in [0.25, 0.3) is 0 Å². The maximum Gasteiger partial charge on any atom is 0.225 e. The van der Waals surface area contributed by atoms with Crippen molar-refractivity contribution in [2.45, 2.75) is 6.10 Å². The number of halogens is 1. The maximum atomic E-state index is 13.4. The van der Waals surface area contributed by atoms with Crippen LogP contribution in [0.1, 0.15) is 11.8 Å². The van der Waals surface area contributed by atoms with Crippen LogP contribution in [0.4, 0.5) is 16.3 Å². The zero-order valence-corrected chi connectivity index (χ0v) is 15.8. The van der Waals surface area contributed by atoms with Crippen molar-refractivity contribution in [3.05, 3.63) is 60.4 Å². The summed E-state index contributed by atoms with van der Waals surface area (Å²) in [7, 11) is 3.78. The number of anilines is 2. The summed E-state index contributed by atoms with van der Waals surface area (Å²) in [4.78, 5) is 21.8. The molecule has 0 unspecified atom stereocenters. The van der Waals surface area contributed by atoms with E-state index in [4.69, 9.17) is 9.72 Å². The van der Waals surface area contributed by atoms with Gasteiger partial charge < -0.3 is 14.5 Å². The van der Waals surface area contributed by atoms with Gasteiger partial charge in [0.05, 0.1) is 18.8 Å². The Labute approximate surface area is 162 Å². The first kappa shape index (κ1) is 18.2. The normalized spacial score (nSPS) is 16.8. The molecule has 0 radical (unpaired) electrons. The van der Waals surface area contributed by atoms with Crippen molar-refractivity contribution in [2.24, 2.45) is 0 Å². The number of benzene rings is 1. The molecule has 2 aromatic heterocycles. The molecule has 1 aromatic carbocycles. The lowest BCUT2D eigenvalue weighted by atomic mass is 10.0. The number of rotatable bonds is 4. The van der Waals surface area contributed by atoms with E-state index in [1.807, 2.05) is 19.0 Å². The Hall–Kier alpha value is -3.13. The Kier molecular flexibility index (Phi) is 5.12. The van der Waals surface area contributed by atoms with Crippen molar-refractivity contribution < 1.29 is 9.13 Å². The second kappa shape index (κ2) is 7.85. The number of hydrogen-bond acceptors (Lipinski definition) is 7. The van der Waals surface area contributed by atoms with Crippen molar-refractivity contribution in [3.8, 4) is 11.1 Å². The molecule has 0 saturated carbocycles. The molecule has 144 valence electrons. The Morgan fingerprint density at radius 2 is 1.86 bits per heavy atom. The minimum atomic E-state index is -0.280. The summed E-state index contributed by atoms with van der Waals surface area (Å²) in [5.74, 6) is 0.982. The fourth-order valence-electron chi connectivity index (χ4n) is 3.15. The Morgan fingerprint density at radius 1 is 1.11 bits per heavy atom. The van der Waals surface area contributed by atoms with Gasteiger partial charge in [0, 0.05) is 44.8 Å². The molecule has 4 rings (SSSR count). The molecule has 7 nitrogen and oxygen atoms in total. The van der Waals surface area contributed by atoms with Crippen molar-refractivity contribution >= 4 is 11.9 Å². The van der Waals surface area contributed by atoms with E-state index in [0.29, 0.717) is 31.6 Å². The Morgan fingerprint density at radius 3 is 2.57 bits per heavy atom. The molecular formula is C20H21FN6O. The highest BCUT2D eigenvalue weighted by Crippen LogP contribution is 2.32. The molecule has 1 atom stereocenters. The first-order valence-electron chi connectivity index (χ1n) is 9.05. The molecule has 0 spiro atoms. The van der Waals surface area contributed by atoms with Gasteiger partial charge in [0.2, 0.25) is 11.9 Å². The lowest BCUT2D eigenvalue weighted by Crippen LogP contribution is -2.39. The molecule has 3 aromatic rings. The fraction of sp³-hybridized carbons (Fsp3) is 0.300. The quantitative estimate of drug-likeness (QED) is 0.689. The molecule has 3 heterocycles. The van der Waals surface area contributed by atoms with Crippen LogP contribution in [0.15, 0.2) is 48.9 Å². The van der Waals surface area contributed by atoms with Gasteiger partial charge in [-0.05, 0) is 23.8 Å². The summed E-state index contributed by atoms with van der Waals surface area (Å²) < 4.78 is 19.4. The van der Waals surface area contributed by atoms with Crippen molar-refractivity contribution in [2.75, 3.05) is 43.6 Å². The molecule has 1 fully saturated rings. The van der Waals surface area contributed by atoms with Gasteiger partial charge in [-0.15, -0.1) is 0 Å².